The first-order valence-corrected chi connectivity index (χ1v) is 11.1. The zero-order valence-corrected chi connectivity index (χ0v) is 19.6. The van der Waals surface area contributed by atoms with Gasteiger partial charge in [-0.3, -0.25) is 4.79 Å². The third-order valence-electron chi connectivity index (χ3n) is 5.34. The second-order valence-electron chi connectivity index (χ2n) is 7.57. The van der Waals surface area contributed by atoms with Crippen molar-refractivity contribution < 1.29 is 23.4 Å². The van der Waals surface area contributed by atoms with Crippen LogP contribution in [0.2, 0.25) is 0 Å². The standard InChI is InChI=1S/C25H23NO6S/c1-14-7-19-17(10-24(28)32-21(19)8-15(14)2)12-31-23(27)11-18-13-33-25(26-18)16-5-6-20(29-3)22(9-16)30-4/h5-10,13H,11-12H2,1-4H3. The zero-order chi connectivity index (χ0) is 23.5. The summed E-state index contributed by atoms with van der Waals surface area (Å²) in [5, 5.41) is 3.34. The number of esters is 1. The van der Waals surface area contributed by atoms with E-state index in [0.29, 0.717) is 28.3 Å². The molecule has 0 fully saturated rings. The van der Waals surface area contributed by atoms with Crippen LogP contribution in [0.25, 0.3) is 21.5 Å². The lowest BCUT2D eigenvalue weighted by Crippen LogP contribution is -2.10. The Kier molecular flexibility index (Phi) is 6.46. The number of nitrogens with zero attached hydrogens (tertiary/aromatic N) is 1. The molecule has 0 aliphatic heterocycles. The highest BCUT2D eigenvalue weighted by molar-refractivity contribution is 7.13. The van der Waals surface area contributed by atoms with Crippen molar-refractivity contribution in [3.8, 4) is 22.1 Å². The van der Waals surface area contributed by atoms with Gasteiger partial charge >= 0.3 is 11.6 Å². The molecular formula is C25H23NO6S. The number of carbonyl (C=O) groups excluding carboxylic acids is 1. The topological polar surface area (TPSA) is 87.9 Å². The van der Waals surface area contributed by atoms with E-state index in [4.69, 9.17) is 18.6 Å². The summed E-state index contributed by atoms with van der Waals surface area (Å²) in [7, 11) is 3.16. The lowest BCUT2D eigenvalue weighted by atomic mass is 10.0. The van der Waals surface area contributed by atoms with Gasteiger partial charge in [-0.25, -0.2) is 9.78 Å². The summed E-state index contributed by atoms with van der Waals surface area (Å²) in [5.41, 5.74) is 4.18. The molecule has 0 bridgehead atoms. The van der Waals surface area contributed by atoms with Gasteiger partial charge < -0.3 is 18.6 Å². The summed E-state index contributed by atoms with van der Waals surface area (Å²) in [6.07, 6.45) is 0.0291. The van der Waals surface area contributed by atoms with Crippen molar-refractivity contribution in [2.75, 3.05) is 14.2 Å². The van der Waals surface area contributed by atoms with Crippen LogP contribution in [0.3, 0.4) is 0 Å². The van der Waals surface area contributed by atoms with Crippen LogP contribution >= 0.6 is 11.3 Å². The Balaban J connectivity index is 1.46. The van der Waals surface area contributed by atoms with Crippen LogP contribution in [0.1, 0.15) is 22.4 Å². The normalized spacial score (nSPS) is 10.9. The van der Waals surface area contributed by atoms with Gasteiger partial charge in [0.15, 0.2) is 11.5 Å². The molecule has 0 amide bonds. The van der Waals surface area contributed by atoms with E-state index in [1.807, 2.05) is 49.6 Å². The molecule has 0 aliphatic carbocycles. The van der Waals surface area contributed by atoms with Crippen molar-refractivity contribution in [3.05, 3.63) is 74.6 Å². The number of methoxy groups -OCH3 is 2. The molecule has 170 valence electrons. The number of hydrogen-bond acceptors (Lipinski definition) is 8. The number of thiazole rings is 1. The average molecular weight is 466 g/mol. The Hall–Kier alpha value is -3.65. The maximum absolute atomic E-state index is 12.5. The van der Waals surface area contributed by atoms with E-state index in [2.05, 4.69) is 4.98 Å². The molecule has 0 spiro atoms. The van der Waals surface area contributed by atoms with Crippen LogP contribution in [0, 0.1) is 13.8 Å². The molecule has 2 aromatic heterocycles. The Labute approximate surface area is 194 Å². The van der Waals surface area contributed by atoms with Crippen molar-refractivity contribution in [3.63, 3.8) is 0 Å². The van der Waals surface area contributed by atoms with Gasteiger partial charge in [-0.1, -0.05) is 0 Å². The second-order valence-corrected chi connectivity index (χ2v) is 8.43. The van der Waals surface area contributed by atoms with Gasteiger partial charge in [-0.05, 0) is 55.3 Å². The Morgan fingerprint density at radius 1 is 1.03 bits per heavy atom. The van der Waals surface area contributed by atoms with E-state index in [1.54, 1.807) is 14.2 Å². The van der Waals surface area contributed by atoms with Gasteiger partial charge in [0.25, 0.3) is 0 Å². The lowest BCUT2D eigenvalue weighted by molar-refractivity contribution is -0.144. The molecule has 0 aliphatic rings. The van der Waals surface area contributed by atoms with Crippen LogP contribution in [0.15, 0.2) is 51.0 Å². The summed E-state index contributed by atoms with van der Waals surface area (Å²) >= 11 is 1.43. The fourth-order valence-electron chi connectivity index (χ4n) is 3.45. The number of benzene rings is 2. The van der Waals surface area contributed by atoms with E-state index in [9.17, 15) is 9.59 Å². The van der Waals surface area contributed by atoms with Crippen LogP contribution in [-0.2, 0) is 22.6 Å². The highest BCUT2D eigenvalue weighted by Gasteiger charge is 2.14. The van der Waals surface area contributed by atoms with Crippen molar-refractivity contribution in [2.45, 2.75) is 26.9 Å². The number of fused-ring (bicyclic) bond motifs is 1. The highest BCUT2D eigenvalue weighted by atomic mass is 32.1. The largest absolute Gasteiger partial charge is 0.493 e. The summed E-state index contributed by atoms with van der Waals surface area (Å²) in [4.78, 5) is 28.9. The summed E-state index contributed by atoms with van der Waals surface area (Å²) < 4.78 is 21.4. The van der Waals surface area contributed by atoms with Gasteiger partial charge in [0.1, 0.15) is 17.2 Å². The van der Waals surface area contributed by atoms with E-state index in [0.717, 1.165) is 27.1 Å². The molecule has 0 atom stereocenters. The zero-order valence-electron chi connectivity index (χ0n) is 18.8. The molecule has 33 heavy (non-hydrogen) atoms. The minimum absolute atomic E-state index is 0.0178. The first-order chi connectivity index (χ1) is 15.9. The molecule has 0 saturated heterocycles. The Morgan fingerprint density at radius 3 is 2.55 bits per heavy atom. The van der Waals surface area contributed by atoms with Gasteiger partial charge in [0, 0.05) is 28.0 Å². The Bertz CT molecular complexity index is 1390. The molecule has 4 aromatic rings. The quantitative estimate of drug-likeness (QED) is 0.285. The van der Waals surface area contributed by atoms with E-state index in [-0.39, 0.29) is 13.0 Å². The van der Waals surface area contributed by atoms with Crippen molar-refractivity contribution in [2.24, 2.45) is 0 Å². The molecule has 0 unspecified atom stereocenters. The maximum atomic E-state index is 12.5. The monoisotopic (exact) mass is 465 g/mol. The van der Waals surface area contributed by atoms with Crippen LogP contribution < -0.4 is 15.1 Å². The first-order valence-electron chi connectivity index (χ1n) is 10.2. The Morgan fingerprint density at radius 2 is 1.79 bits per heavy atom. The SMILES string of the molecule is COc1ccc(-c2nc(CC(=O)OCc3cc(=O)oc4cc(C)c(C)cc34)cs2)cc1OC. The summed E-state index contributed by atoms with van der Waals surface area (Å²) in [6, 6.07) is 10.7. The van der Waals surface area contributed by atoms with Gasteiger partial charge in [0.05, 0.1) is 26.3 Å². The van der Waals surface area contributed by atoms with Gasteiger partial charge in [-0.15, -0.1) is 11.3 Å². The minimum atomic E-state index is -0.476. The van der Waals surface area contributed by atoms with Crippen LogP contribution in [0.4, 0.5) is 0 Å². The number of carbonyl (C=O) groups is 1. The number of aromatic nitrogens is 1. The molecule has 0 saturated carbocycles. The first kappa shape index (κ1) is 22.5. The summed E-state index contributed by atoms with van der Waals surface area (Å²) in [5.74, 6) is 0.815. The predicted octanol–water partition coefficient (Wildman–Crippen LogP) is 4.84. The third kappa shape index (κ3) is 4.90. The minimum Gasteiger partial charge on any atom is -0.493 e. The molecule has 0 radical (unpaired) electrons. The van der Waals surface area contributed by atoms with Crippen molar-refractivity contribution >= 4 is 28.3 Å². The van der Waals surface area contributed by atoms with Crippen LogP contribution in [0.5, 0.6) is 11.5 Å². The molecule has 0 N–H and O–H groups in total. The maximum Gasteiger partial charge on any atom is 0.336 e. The summed E-state index contributed by atoms with van der Waals surface area (Å²) in [6.45, 7) is 3.91. The van der Waals surface area contributed by atoms with E-state index in [1.165, 1.54) is 17.4 Å². The molecule has 2 aromatic carbocycles. The van der Waals surface area contributed by atoms with E-state index >= 15 is 0 Å². The number of ether oxygens (including phenoxy) is 3. The van der Waals surface area contributed by atoms with Gasteiger partial charge in [-0.2, -0.15) is 0 Å². The van der Waals surface area contributed by atoms with Crippen molar-refractivity contribution in [1.82, 2.24) is 4.98 Å². The second kappa shape index (κ2) is 9.46. The highest BCUT2D eigenvalue weighted by Crippen LogP contribution is 2.33. The fourth-order valence-corrected chi connectivity index (χ4v) is 4.27. The number of rotatable bonds is 7. The molecule has 4 rings (SSSR count). The molecular weight excluding hydrogens is 442 g/mol. The fraction of sp³-hybridized carbons (Fsp3) is 0.240. The number of hydrogen-bond donors (Lipinski definition) is 0. The average Bonchev–Trinajstić information content (AvgIpc) is 3.26. The van der Waals surface area contributed by atoms with E-state index < -0.39 is 11.6 Å². The van der Waals surface area contributed by atoms with Crippen molar-refractivity contribution in [1.29, 1.82) is 0 Å². The molecule has 8 heteroatoms. The van der Waals surface area contributed by atoms with Gasteiger partial charge in [0.2, 0.25) is 0 Å². The predicted molar refractivity (Wildman–Crippen MR) is 126 cm³/mol. The molecule has 2 heterocycles. The third-order valence-corrected chi connectivity index (χ3v) is 6.28. The smallest absolute Gasteiger partial charge is 0.336 e. The lowest BCUT2D eigenvalue weighted by Gasteiger charge is -2.09. The molecule has 7 nitrogen and oxygen atoms in total. The number of aryl methyl sites for hydroxylation is 2. The van der Waals surface area contributed by atoms with Crippen LogP contribution in [-0.4, -0.2) is 25.2 Å².